The first kappa shape index (κ1) is 14.0. The summed E-state index contributed by atoms with van der Waals surface area (Å²) in [5.41, 5.74) is 9.11. The molecule has 1 aromatic rings. The fraction of sp³-hybridized carbons (Fsp3) is 0.455. The van der Waals surface area contributed by atoms with E-state index in [2.05, 4.69) is 10.0 Å². The van der Waals surface area contributed by atoms with Gasteiger partial charge in [0, 0.05) is 23.7 Å². The lowest BCUT2D eigenvalue weighted by Gasteiger charge is -2.10. The number of rotatable bonds is 7. The summed E-state index contributed by atoms with van der Waals surface area (Å²) in [7, 11) is 0. The van der Waals surface area contributed by atoms with Gasteiger partial charge in [0.2, 0.25) is 0 Å². The van der Waals surface area contributed by atoms with Crippen molar-refractivity contribution in [2.45, 2.75) is 25.3 Å². The summed E-state index contributed by atoms with van der Waals surface area (Å²) in [6, 6.07) is 5.65. The van der Waals surface area contributed by atoms with E-state index in [1.807, 2.05) is 0 Å². The van der Waals surface area contributed by atoms with E-state index in [1.165, 1.54) is 12.1 Å². The SMILES string of the molecule is [N-]=[N+]=NC(CCCCO)c1cccc([N+](=O)[O-])c1. The zero-order valence-electron chi connectivity index (χ0n) is 9.77. The number of nitro benzene ring substituents is 1. The Labute approximate surface area is 104 Å². The number of nitrogens with zero attached hydrogens (tertiary/aromatic N) is 4. The van der Waals surface area contributed by atoms with Crippen LogP contribution in [0.15, 0.2) is 29.4 Å². The molecule has 18 heavy (non-hydrogen) atoms. The number of aliphatic hydroxyl groups is 1. The van der Waals surface area contributed by atoms with Crippen molar-refractivity contribution >= 4 is 5.69 Å². The lowest BCUT2D eigenvalue weighted by atomic mass is 10.0. The molecule has 0 aliphatic heterocycles. The molecule has 1 unspecified atom stereocenters. The molecular weight excluding hydrogens is 236 g/mol. The van der Waals surface area contributed by atoms with Crippen molar-refractivity contribution in [3.63, 3.8) is 0 Å². The van der Waals surface area contributed by atoms with E-state index in [1.54, 1.807) is 12.1 Å². The van der Waals surface area contributed by atoms with Crippen LogP contribution in [0.2, 0.25) is 0 Å². The molecule has 0 saturated carbocycles. The first-order chi connectivity index (χ1) is 8.69. The molecule has 96 valence electrons. The van der Waals surface area contributed by atoms with Crippen LogP contribution in [0.4, 0.5) is 5.69 Å². The molecule has 0 aromatic heterocycles. The first-order valence-corrected chi connectivity index (χ1v) is 5.58. The summed E-state index contributed by atoms with van der Waals surface area (Å²) < 4.78 is 0. The van der Waals surface area contributed by atoms with Crippen molar-refractivity contribution in [2.75, 3.05) is 6.61 Å². The van der Waals surface area contributed by atoms with Crippen LogP contribution in [0.25, 0.3) is 10.4 Å². The van der Waals surface area contributed by atoms with E-state index in [4.69, 9.17) is 10.6 Å². The summed E-state index contributed by atoms with van der Waals surface area (Å²) in [5.74, 6) is 0. The number of unbranched alkanes of at least 4 members (excludes halogenated alkanes) is 1. The van der Waals surface area contributed by atoms with Gasteiger partial charge in [0.25, 0.3) is 5.69 Å². The Balaban J connectivity index is 2.87. The fourth-order valence-electron chi connectivity index (χ4n) is 1.65. The van der Waals surface area contributed by atoms with Crippen LogP contribution in [-0.2, 0) is 0 Å². The van der Waals surface area contributed by atoms with E-state index >= 15 is 0 Å². The Morgan fingerprint density at radius 2 is 2.28 bits per heavy atom. The zero-order chi connectivity index (χ0) is 13.4. The molecular formula is C11H14N4O3. The monoisotopic (exact) mass is 250 g/mol. The van der Waals surface area contributed by atoms with Crippen molar-refractivity contribution in [3.8, 4) is 0 Å². The van der Waals surface area contributed by atoms with Gasteiger partial charge in [0.1, 0.15) is 0 Å². The number of aliphatic hydroxyl groups excluding tert-OH is 1. The summed E-state index contributed by atoms with van der Waals surface area (Å²) in [6.45, 7) is 0.0813. The standard InChI is InChI=1S/C11H14N4O3/c12-14-13-11(6-1-2-7-16)9-4-3-5-10(8-9)15(17)18/h3-5,8,11,16H,1-2,6-7H2. The van der Waals surface area contributed by atoms with Crippen LogP contribution in [0.5, 0.6) is 0 Å². The highest BCUT2D eigenvalue weighted by Gasteiger charge is 2.13. The third kappa shape index (κ3) is 4.04. The zero-order valence-corrected chi connectivity index (χ0v) is 9.77. The summed E-state index contributed by atoms with van der Waals surface area (Å²) in [4.78, 5) is 12.9. The van der Waals surface area contributed by atoms with Crippen molar-refractivity contribution < 1.29 is 10.0 Å². The molecule has 0 amide bonds. The Morgan fingerprint density at radius 1 is 1.50 bits per heavy atom. The molecule has 1 N–H and O–H groups in total. The maximum atomic E-state index is 10.7. The van der Waals surface area contributed by atoms with E-state index in [9.17, 15) is 10.1 Å². The van der Waals surface area contributed by atoms with Crippen LogP contribution >= 0.6 is 0 Å². The molecule has 7 nitrogen and oxygen atoms in total. The van der Waals surface area contributed by atoms with Gasteiger partial charge in [0.05, 0.1) is 11.0 Å². The second-order valence-electron chi connectivity index (χ2n) is 3.79. The van der Waals surface area contributed by atoms with Gasteiger partial charge in [-0.1, -0.05) is 23.7 Å². The Hall–Kier alpha value is -2.11. The molecule has 7 heteroatoms. The molecule has 0 spiro atoms. The van der Waals surface area contributed by atoms with Crippen LogP contribution in [0, 0.1) is 10.1 Å². The highest BCUT2D eigenvalue weighted by Crippen LogP contribution is 2.26. The summed E-state index contributed by atoms with van der Waals surface area (Å²) >= 11 is 0. The molecule has 1 rings (SSSR count). The second-order valence-corrected chi connectivity index (χ2v) is 3.79. The van der Waals surface area contributed by atoms with Gasteiger partial charge in [0.15, 0.2) is 0 Å². The number of non-ortho nitro benzene ring substituents is 1. The number of benzene rings is 1. The van der Waals surface area contributed by atoms with Crippen molar-refractivity contribution in [3.05, 3.63) is 50.4 Å². The Kier molecular flexibility index (Phi) is 5.63. The highest BCUT2D eigenvalue weighted by molar-refractivity contribution is 5.35. The van der Waals surface area contributed by atoms with Gasteiger partial charge >= 0.3 is 0 Å². The molecule has 0 aliphatic rings. The maximum absolute atomic E-state index is 10.7. The number of nitro groups is 1. The molecule has 0 bridgehead atoms. The number of hydrogen-bond acceptors (Lipinski definition) is 4. The van der Waals surface area contributed by atoms with E-state index < -0.39 is 11.0 Å². The van der Waals surface area contributed by atoms with E-state index in [0.29, 0.717) is 24.8 Å². The van der Waals surface area contributed by atoms with Crippen molar-refractivity contribution in [2.24, 2.45) is 5.11 Å². The fourth-order valence-corrected chi connectivity index (χ4v) is 1.65. The smallest absolute Gasteiger partial charge is 0.269 e. The Morgan fingerprint density at radius 3 is 2.89 bits per heavy atom. The van der Waals surface area contributed by atoms with Crippen molar-refractivity contribution in [1.82, 2.24) is 0 Å². The normalized spacial score (nSPS) is 11.6. The minimum absolute atomic E-state index is 0.0206. The molecule has 0 radical (unpaired) electrons. The minimum Gasteiger partial charge on any atom is -0.396 e. The van der Waals surface area contributed by atoms with Gasteiger partial charge in [-0.05, 0) is 23.9 Å². The lowest BCUT2D eigenvalue weighted by Crippen LogP contribution is -1.97. The van der Waals surface area contributed by atoms with Crippen molar-refractivity contribution in [1.29, 1.82) is 0 Å². The first-order valence-electron chi connectivity index (χ1n) is 5.58. The quantitative estimate of drug-likeness (QED) is 0.200. The summed E-state index contributed by atoms with van der Waals surface area (Å²) in [6.07, 6.45) is 1.88. The molecule has 0 fully saturated rings. The maximum Gasteiger partial charge on any atom is 0.269 e. The van der Waals surface area contributed by atoms with Crippen LogP contribution in [0.3, 0.4) is 0 Å². The highest BCUT2D eigenvalue weighted by atomic mass is 16.6. The topological polar surface area (TPSA) is 112 Å². The van der Waals surface area contributed by atoms with Crippen LogP contribution in [0.1, 0.15) is 30.9 Å². The van der Waals surface area contributed by atoms with Gasteiger partial charge in [-0.3, -0.25) is 10.1 Å². The number of azide groups is 1. The van der Waals surface area contributed by atoms with Gasteiger partial charge in [-0.15, -0.1) is 0 Å². The lowest BCUT2D eigenvalue weighted by molar-refractivity contribution is -0.384. The van der Waals surface area contributed by atoms with Gasteiger partial charge in [-0.2, -0.15) is 0 Å². The van der Waals surface area contributed by atoms with Gasteiger partial charge in [-0.25, -0.2) is 0 Å². The predicted molar refractivity (Wildman–Crippen MR) is 65.9 cm³/mol. The molecule has 0 saturated heterocycles. The van der Waals surface area contributed by atoms with Crippen LogP contribution in [-0.4, -0.2) is 16.6 Å². The van der Waals surface area contributed by atoms with Crippen LogP contribution < -0.4 is 0 Å². The predicted octanol–water partition coefficient (Wildman–Crippen LogP) is 3.11. The van der Waals surface area contributed by atoms with E-state index in [-0.39, 0.29) is 12.3 Å². The number of hydrogen-bond donors (Lipinski definition) is 1. The second kappa shape index (κ2) is 7.26. The average molecular weight is 250 g/mol. The largest absolute Gasteiger partial charge is 0.396 e. The third-order valence-electron chi connectivity index (χ3n) is 2.54. The van der Waals surface area contributed by atoms with E-state index in [0.717, 1.165) is 0 Å². The summed E-state index contributed by atoms with van der Waals surface area (Å²) in [5, 5.41) is 23.0. The molecule has 1 atom stereocenters. The third-order valence-corrected chi connectivity index (χ3v) is 2.54. The molecule has 0 aliphatic carbocycles. The molecule has 1 aromatic carbocycles. The minimum atomic E-state index is -0.482. The average Bonchev–Trinajstić information content (AvgIpc) is 2.38. The Bertz CT molecular complexity index is 457. The molecule has 0 heterocycles. The van der Waals surface area contributed by atoms with Gasteiger partial charge < -0.3 is 5.11 Å².